The molecule has 8 nitrogen and oxygen atoms in total. The van der Waals surface area contributed by atoms with Gasteiger partial charge in [-0.2, -0.15) is 0 Å². The van der Waals surface area contributed by atoms with Gasteiger partial charge in [0.25, 0.3) is 0 Å². The standard InChI is InChI=1S/C27H39N3O5S/c1-7-29-36(33,34)23-14-21(13-22(16-23)19(2)3)18-35-26(32)28-17-25(31)24(30-27(4,5)6)15-20-11-9-8-10-12-20/h8-14,16,24-25,29-31H,2,7,15,17-18H2,1,3-6H3,(H,28,32). The number of benzene rings is 2. The van der Waals surface area contributed by atoms with E-state index < -0.39 is 22.2 Å². The maximum atomic E-state index is 12.5. The Hall–Kier alpha value is -2.72. The van der Waals surface area contributed by atoms with Crippen LogP contribution in [0.15, 0.2) is 60.0 Å². The zero-order chi connectivity index (χ0) is 26.9. The Bertz CT molecular complexity index is 1130. The highest BCUT2D eigenvalue weighted by Crippen LogP contribution is 2.21. The Morgan fingerprint density at radius 3 is 2.36 bits per heavy atom. The summed E-state index contributed by atoms with van der Waals surface area (Å²) < 4.78 is 32.7. The fourth-order valence-corrected chi connectivity index (χ4v) is 4.79. The SMILES string of the molecule is C=C(C)c1cc(COC(=O)NCC(O)C(Cc2ccccc2)NC(C)(C)C)cc(S(=O)(=O)NCC)c1. The summed E-state index contributed by atoms with van der Waals surface area (Å²) in [5, 5.41) is 16.9. The highest BCUT2D eigenvalue weighted by atomic mass is 32.2. The van der Waals surface area contributed by atoms with Crippen molar-refractivity contribution < 1.29 is 23.1 Å². The lowest BCUT2D eigenvalue weighted by Crippen LogP contribution is -2.53. The number of aliphatic hydroxyl groups is 1. The van der Waals surface area contributed by atoms with E-state index in [1.807, 2.05) is 51.1 Å². The summed E-state index contributed by atoms with van der Waals surface area (Å²) in [6, 6.07) is 14.3. The summed E-state index contributed by atoms with van der Waals surface area (Å²) in [6.07, 6.45) is -0.979. The van der Waals surface area contributed by atoms with Crippen LogP contribution in [-0.2, 0) is 27.8 Å². The topological polar surface area (TPSA) is 117 Å². The van der Waals surface area contributed by atoms with Crippen molar-refractivity contribution in [2.24, 2.45) is 0 Å². The average molecular weight is 518 g/mol. The van der Waals surface area contributed by atoms with Crippen LogP contribution in [0.3, 0.4) is 0 Å². The molecule has 4 N–H and O–H groups in total. The number of amides is 1. The molecule has 0 radical (unpaired) electrons. The molecule has 2 atom stereocenters. The van der Waals surface area contributed by atoms with Crippen LogP contribution in [0.1, 0.15) is 51.3 Å². The first-order valence-electron chi connectivity index (χ1n) is 12.0. The molecule has 0 aliphatic carbocycles. The van der Waals surface area contributed by atoms with Crippen LogP contribution in [-0.4, -0.2) is 50.4 Å². The van der Waals surface area contributed by atoms with E-state index in [1.54, 1.807) is 19.9 Å². The molecular formula is C27H39N3O5S. The van der Waals surface area contributed by atoms with Crippen molar-refractivity contribution in [1.29, 1.82) is 0 Å². The summed E-state index contributed by atoms with van der Waals surface area (Å²) in [4.78, 5) is 12.5. The lowest BCUT2D eigenvalue weighted by atomic mass is 9.97. The number of carbonyl (C=O) groups excluding carboxylic acids is 1. The molecule has 0 heterocycles. The summed E-state index contributed by atoms with van der Waals surface area (Å²) in [6.45, 7) is 13.5. The minimum atomic E-state index is -3.69. The number of sulfonamides is 1. The fourth-order valence-electron chi connectivity index (χ4n) is 3.66. The Labute approximate surface area is 215 Å². The van der Waals surface area contributed by atoms with E-state index in [1.165, 1.54) is 12.1 Å². The largest absolute Gasteiger partial charge is 0.445 e. The van der Waals surface area contributed by atoms with E-state index in [2.05, 4.69) is 21.9 Å². The Morgan fingerprint density at radius 1 is 1.11 bits per heavy atom. The quantitative estimate of drug-likeness (QED) is 0.342. The molecule has 0 aromatic heterocycles. The number of hydrogen-bond donors (Lipinski definition) is 4. The van der Waals surface area contributed by atoms with Gasteiger partial charge >= 0.3 is 6.09 Å². The third-order valence-corrected chi connectivity index (χ3v) is 6.84. The minimum Gasteiger partial charge on any atom is -0.445 e. The minimum absolute atomic E-state index is 0.00866. The maximum absolute atomic E-state index is 12.5. The summed E-state index contributed by atoms with van der Waals surface area (Å²) in [7, 11) is -3.69. The first-order valence-corrected chi connectivity index (χ1v) is 13.5. The van der Waals surface area contributed by atoms with E-state index in [-0.39, 0.29) is 36.2 Å². The van der Waals surface area contributed by atoms with Crippen LogP contribution in [0.5, 0.6) is 0 Å². The molecule has 0 saturated heterocycles. The van der Waals surface area contributed by atoms with Gasteiger partial charge in [-0.1, -0.05) is 49.4 Å². The number of ether oxygens (including phenoxy) is 1. The predicted octanol–water partition coefficient (Wildman–Crippen LogP) is 3.60. The third-order valence-electron chi connectivity index (χ3n) is 5.31. The van der Waals surface area contributed by atoms with E-state index >= 15 is 0 Å². The van der Waals surface area contributed by atoms with Gasteiger partial charge in [0.05, 0.1) is 11.0 Å². The lowest BCUT2D eigenvalue weighted by Gasteiger charge is -2.32. The molecular weight excluding hydrogens is 478 g/mol. The molecule has 0 saturated carbocycles. The molecule has 9 heteroatoms. The number of alkyl carbamates (subject to hydrolysis) is 1. The van der Waals surface area contributed by atoms with E-state index in [9.17, 15) is 18.3 Å². The second-order valence-electron chi connectivity index (χ2n) is 9.86. The Morgan fingerprint density at radius 2 is 1.78 bits per heavy atom. The van der Waals surface area contributed by atoms with Crippen molar-refractivity contribution >= 4 is 21.7 Å². The number of hydrogen-bond acceptors (Lipinski definition) is 6. The lowest BCUT2D eigenvalue weighted by molar-refractivity contribution is 0.0991. The molecule has 1 amide bonds. The van der Waals surface area contributed by atoms with Gasteiger partial charge in [-0.25, -0.2) is 17.9 Å². The number of aliphatic hydroxyl groups excluding tert-OH is 1. The average Bonchev–Trinajstić information content (AvgIpc) is 2.80. The van der Waals surface area contributed by atoms with Crippen molar-refractivity contribution in [2.75, 3.05) is 13.1 Å². The molecule has 0 aliphatic heterocycles. The van der Waals surface area contributed by atoms with Gasteiger partial charge in [-0.05, 0) is 69.0 Å². The highest BCUT2D eigenvalue weighted by Gasteiger charge is 2.25. The predicted molar refractivity (Wildman–Crippen MR) is 143 cm³/mol. The van der Waals surface area contributed by atoms with Crippen molar-refractivity contribution in [3.05, 3.63) is 71.8 Å². The van der Waals surface area contributed by atoms with E-state index in [0.717, 1.165) is 5.56 Å². The van der Waals surface area contributed by atoms with Crippen LogP contribution < -0.4 is 15.4 Å². The van der Waals surface area contributed by atoms with Gasteiger partial charge in [0.1, 0.15) is 6.61 Å². The van der Waals surface area contributed by atoms with Gasteiger partial charge in [0.15, 0.2) is 0 Å². The summed E-state index contributed by atoms with van der Waals surface area (Å²) >= 11 is 0. The highest BCUT2D eigenvalue weighted by molar-refractivity contribution is 7.89. The van der Waals surface area contributed by atoms with Crippen LogP contribution in [0.25, 0.3) is 5.57 Å². The molecule has 0 bridgehead atoms. The van der Waals surface area contributed by atoms with Gasteiger partial charge in [-0.15, -0.1) is 0 Å². The Balaban J connectivity index is 2.03. The van der Waals surface area contributed by atoms with Gasteiger partial charge in [0.2, 0.25) is 10.0 Å². The zero-order valence-corrected chi connectivity index (χ0v) is 22.6. The van der Waals surface area contributed by atoms with Gasteiger partial charge in [0, 0.05) is 24.7 Å². The van der Waals surface area contributed by atoms with Gasteiger partial charge in [-0.3, -0.25) is 0 Å². The number of rotatable bonds is 12. The first-order chi connectivity index (χ1) is 16.8. The molecule has 0 aliphatic rings. The zero-order valence-electron chi connectivity index (χ0n) is 21.8. The molecule has 0 fully saturated rings. The molecule has 36 heavy (non-hydrogen) atoms. The molecule has 2 aromatic rings. The maximum Gasteiger partial charge on any atom is 0.407 e. The normalized spacial score (nSPS) is 13.6. The summed E-state index contributed by atoms with van der Waals surface area (Å²) in [5.74, 6) is 0. The second-order valence-corrected chi connectivity index (χ2v) is 11.6. The monoisotopic (exact) mass is 517 g/mol. The molecule has 198 valence electrons. The smallest absolute Gasteiger partial charge is 0.407 e. The van der Waals surface area contributed by atoms with Crippen LogP contribution in [0, 0.1) is 0 Å². The molecule has 0 spiro atoms. The fraction of sp³-hybridized carbons (Fsp3) is 0.444. The first kappa shape index (κ1) is 29.5. The number of carbonyl (C=O) groups is 1. The number of nitrogens with one attached hydrogen (secondary N) is 3. The molecule has 2 rings (SSSR count). The molecule has 2 unspecified atom stereocenters. The third kappa shape index (κ3) is 9.73. The van der Waals surface area contributed by atoms with Crippen molar-refractivity contribution in [1.82, 2.24) is 15.4 Å². The van der Waals surface area contributed by atoms with Crippen LogP contribution >= 0.6 is 0 Å². The summed E-state index contributed by atoms with van der Waals surface area (Å²) in [5.41, 5.74) is 2.68. The number of allylic oxidation sites excluding steroid dienone is 1. The van der Waals surface area contributed by atoms with E-state index in [4.69, 9.17) is 4.74 Å². The van der Waals surface area contributed by atoms with Crippen molar-refractivity contribution in [3.8, 4) is 0 Å². The Kier molecular flexibility index (Phi) is 10.7. The second kappa shape index (κ2) is 13.0. The van der Waals surface area contributed by atoms with E-state index in [0.29, 0.717) is 23.1 Å². The van der Waals surface area contributed by atoms with Crippen molar-refractivity contribution in [2.45, 2.75) is 70.2 Å². The van der Waals surface area contributed by atoms with Gasteiger partial charge < -0.3 is 20.5 Å². The molecule has 2 aromatic carbocycles. The van der Waals surface area contributed by atoms with Crippen LogP contribution in [0.2, 0.25) is 0 Å². The van der Waals surface area contributed by atoms with Crippen molar-refractivity contribution in [3.63, 3.8) is 0 Å². The van der Waals surface area contributed by atoms with Crippen LogP contribution in [0.4, 0.5) is 4.79 Å².